The molecule has 2 rings (SSSR count). The minimum Gasteiger partial charge on any atom is -0.445 e. The average Bonchev–Trinajstić information content (AvgIpc) is 2.62. The molecule has 0 saturated carbocycles. The largest absolute Gasteiger partial charge is 0.445 e. The second-order valence-corrected chi connectivity index (χ2v) is 5.62. The van der Waals surface area contributed by atoms with Gasteiger partial charge in [0.2, 0.25) is 0 Å². The number of amides is 1. The highest BCUT2D eigenvalue weighted by molar-refractivity contribution is 5.92. The maximum absolute atomic E-state index is 11.6. The number of alkyl carbamates (subject to hydrolysis) is 1. The predicted molar refractivity (Wildman–Crippen MR) is 92.8 cm³/mol. The fraction of sp³-hybridized carbons (Fsp3) is 0.444. The molecule has 1 saturated heterocycles. The summed E-state index contributed by atoms with van der Waals surface area (Å²) in [6, 6.07) is 9.51. The third-order valence-corrected chi connectivity index (χ3v) is 3.62. The summed E-state index contributed by atoms with van der Waals surface area (Å²) in [7, 11) is 0. The molecule has 0 spiro atoms. The first-order valence-corrected chi connectivity index (χ1v) is 8.30. The summed E-state index contributed by atoms with van der Waals surface area (Å²) in [5.41, 5.74) is 1.38. The van der Waals surface area contributed by atoms with Crippen molar-refractivity contribution in [3.8, 4) is 0 Å². The molecule has 1 unspecified atom stereocenters. The van der Waals surface area contributed by atoms with Gasteiger partial charge in [0.15, 0.2) is 0 Å². The zero-order valence-electron chi connectivity index (χ0n) is 13.8. The van der Waals surface area contributed by atoms with Gasteiger partial charge in [-0.1, -0.05) is 30.3 Å². The number of allylic oxidation sites excluding steroid dienone is 1. The molecule has 0 radical (unpaired) electrons. The Balaban J connectivity index is 1.54. The molecule has 1 atom stereocenters. The van der Waals surface area contributed by atoms with Gasteiger partial charge in [-0.2, -0.15) is 0 Å². The molecule has 6 nitrogen and oxygen atoms in total. The van der Waals surface area contributed by atoms with Crippen LogP contribution in [-0.2, 0) is 16.1 Å². The summed E-state index contributed by atoms with van der Waals surface area (Å²) in [6.45, 7) is 1.41. The van der Waals surface area contributed by atoms with Crippen molar-refractivity contribution in [1.29, 1.82) is 5.41 Å². The number of rotatable bonds is 8. The van der Waals surface area contributed by atoms with E-state index < -0.39 is 6.09 Å². The van der Waals surface area contributed by atoms with E-state index in [4.69, 9.17) is 14.9 Å². The van der Waals surface area contributed by atoms with E-state index >= 15 is 0 Å². The third kappa shape index (κ3) is 7.28. The first-order chi connectivity index (χ1) is 11.7. The molecular weight excluding hydrogens is 306 g/mol. The van der Waals surface area contributed by atoms with Gasteiger partial charge in [-0.15, -0.1) is 0 Å². The van der Waals surface area contributed by atoms with Crippen LogP contribution in [0.4, 0.5) is 4.79 Å². The highest BCUT2D eigenvalue weighted by Gasteiger charge is 2.10. The van der Waals surface area contributed by atoms with Crippen LogP contribution in [0.25, 0.3) is 0 Å². The number of carbonyl (C=O) groups excluding carboxylic acids is 1. The highest BCUT2D eigenvalue weighted by atomic mass is 16.5. The van der Waals surface area contributed by atoms with Crippen molar-refractivity contribution in [1.82, 2.24) is 10.6 Å². The topological polar surface area (TPSA) is 83.4 Å². The minimum absolute atomic E-state index is 0.0499. The van der Waals surface area contributed by atoms with Gasteiger partial charge in [-0.3, -0.25) is 0 Å². The zero-order chi connectivity index (χ0) is 17.0. The maximum atomic E-state index is 11.6. The molecule has 6 heteroatoms. The normalized spacial score (nSPS) is 17.4. The molecule has 24 heavy (non-hydrogen) atoms. The van der Waals surface area contributed by atoms with E-state index in [1.165, 1.54) is 0 Å². The smallest absolute Gasteiger partial charge is 0.407 e. The van der Waals surface area contributed by atoms with Crippen molar-refractivity contribution in [2.45, 2.75) is 38.5 Å². The number of benzene rings is 1. The van der Waals surface area contributed by atoms with E-state index in [1.54, 1.807) is 12.3 Å². The fourth-order valence-corrected chi connectivity index (χ4v) is 2.28. The molecular formula is C18H25N3O3. The van der Waals surface area contributed by atoms with E-state index in [0.717, 1.165) is 31.4 Å². The van der Waals surface area contributed by atoms with Crippen LogP contribution in [0.2, 0.25) is 0 Å². The van der Waals surface area contributed by atoms with Crippen molar-refractivity contribution in [2.75, 3.05) is 13.2 Å². The molecule has 130 valence electrons. The summed E-state index contributed by atoms with van der Waals surface area (Å²) in [5.74, 6) is 0. The second-order valence-electron chi connectivity index (χ2n) is 5.62. The van der Waals surface area contributed by atoms with Gasteiger partial charge >= 0.3 is 6.09 Å². The minimum atomic E-state index is -0.468. The van der Waals surface area contributed by atoms with Gasteiger partial charge in [-0.05, 0) is 30.9 Å². The Bertz CT molecular complexity index is 540. The third-order valence-electron chi connectivity index (χ3n) is 3.62. The van der Waals surface area contributed by atoms with E-state index in [0.29, 0.717) is 18.7 Å². The van der Waals surface area contributed by atoms with Crippen LogP contribution in [0, 0.1) is 5.41 Å². The van der Waals surface area contributed by atoms with Gasteiger partial charge < -0.3 is 25.5 Å². The first kappa shape index (κ1) is 18.0. The van der Waals surface area contributed by atoms with Crippen molar-refractivity contribution < 1.29 is 14.3 Å². The molecule has 0 bridgehead atoms. The molecule has 0 aromatic heterocycles. The van der Waals surface area contributed by atoms with Crippen LogP contribution >= 0.6 is 0 Å². The van der Waals surface area contributed by atoms with Gasteiger partial charge in [0.25, 0.3) is 0 Å². The fourth-order valence-electron chi connectivity index (χ4n) is 2.28. The van der Waals surface area contributed by atoms with E-state index in [1.807, 2.05) is 30.3 Å². The van der Waals surface area contributed by atoms with E-state index in [-0.39, 0.29) is 12.8 Å². The summed E-state index contributed by atoms with van der Waals surface area (Å²) in [5, 5.41) is 13.6. The summed E-state index contributed by atoms with van der Waals surface area (Å²) < 4.78 is 10.6. The second kappa shape index (κ2) is 10.4. The summed E-state index contributed by atoms with van der Waals surface area (Å²) in [6.07, 6.45) is 6.73. The van der Waals surface area contributed by atoms with Crippen molar-refractivity contribution in [2.24, 2.45) is 0 Å². The lowest BCUT2D eigenvalue weighted by Crippen LogP contribution is -2.31. The molecule has 1 aliphatic rings. The number of hydrogen-bond acceptors (Lipinski definition) is 5. The van der Waals surface area contributed by atoms with Crippen molar-refractivity contribution >= 4 is 11.8 Å². The van der Waals surface area contributed by atoms with E-state index in [9.17, 15) is 4.79 Å². The number of ether oxygens (including phenoxy) is 2. The molecule has 1 aromatic carbocycles. The van der Waals surface area contributed by atoms with Crippen LogP contribution < -0.4 is 10.6 Å². The van der Waals surface area contributed by atoms with Crippen LogP contribution in [0.3, 0.4) is 0 Å². The van der Waals surface area contributed by atoms with Crippen LogP contribution in [0.5, 0.6) is 0 Å². The van der Waals surface area contributed by atoms with Crippen LogP contribution in [-0.4, -0.2) is 31.2 Å². The van der Waals surface area contributed by atoms with E-state index in [2.05, 4.69) is 10.6 Å². The van der Waals surface area contributed by atoms with Crippen molar-refractivity contribution in [3.05, 3.63) is 48.2 Å². The Hall–Kier alpha value is -2.34. The van der Waals surface area contributed by atoms with Crippen molar-refractivity contribution in [3.63, 3.8) is 0 Å². The SMILES string of the molecule is N=C(/C=C\NC1CCCCO1)CCNC(=O)OCc1ccccc1. The lowest BCUT2D eigenvalue weighted by atomic mass is 10.2. The lowest BCUT2D eigenvalue weighted by molar-refractivity contribution is 0.00339. The molecule has 1 aliphatic heterocycles. The summed E-state index contributed by atoms with van der Waals surface area (Å²) in [4.78, 5) is 11.6. The monoisotopic (exact) mass is 331 g/mol. The lowest BCUT2D eigenvalue weighted by Gasteiger charge is -2.22. The number of nitrogens with one attached hydrogen (secondary N) is 3. The standard InChI is InChI=1S/C18H25N3O3/c19-16(9-11-20-17-8-4-5-13-23-17)10-12-21-18(22)24-14-15-6-2-1-3-7-15/h1-3,6-7,9,11,17,19-20H,4-5,8,10,12-14H2,(H,21,22)/b11-9-,19-16?. The molecule has 3 N–H and O–H groups in total. The molecule has 0 aliphatic carbocycles. The Labute approximate surface area is 142 Å². The van der Waals surface area contributed by atoms with Gasteiger partial charge in [0.05, 0.1) is 0 Å². The Morgan fingerprint density at radius 3 is 2.92 bits per heavy atom. The number of hydrogen-bond donors (Lipinski definition) is 3. The summed E-state index contributed by atoms with van der Waals surface area (Å²) >= 11 is 0. The Morgan fingerprint density at radius 2 is 2.17 bits per heavy atom. The Morgan fingerprint density at radius 1 is 1.33 bits per heavy atom. The van der Waals surface area contributed by atoms with Gasteiger partial charge in [0.1, 0.15) is 12.8 Å². The highest BCUT2D eigenvalue weighted by Crippen LogP contribution is 2.09. The molecule has 1 heterocycles. The molecule has 1 aromatic rings. The van der Waals surface area contributed by atoms with Gasteiger partial charge in [-0.25, -0.2) is 4.79 Å². The number of carbonyl (C=O) groups is 1. The van der Waals surface area contributed by atoms with Crippen LogP contribution in [0.1, 0.15) is 31.2 Å². The molecule has 1 amide bonds. The zero-order valence-corrected chi connectivity index (χ0v) is 13.8. The van der Waals surface area contributed by atoms with Gasteiger partial charge in [0, 0.05) is 31.5 Å². The van der Waals surface area contributed by atoms with Crippen LogP contribution in [0.15, 0.2) is 42.6 Å². The molecule has 1 fully saturated rings. The predicted octanol–water partition coefficient (Wildman–Crippen LogP) is 2.95. The average molecular weight is 331 g/mol. The quantitative estimate of drug-likeness (QED) is 0.640. The Kier molecular flexibility index (Phi) is 7.83. The maximum Gasteiger partial charge on any atom is 0.407 e. The first-order valence-electron chi connectivity index (χ1n) is 8.30.